The third-order valence-electron chi connectivity index (χ3n) is 1.06. The number of nitrogen functional groups attached to an aromatic ring is 1. The van der Waals surface area contributed by atoms with Crippen molar-refractivity contribution in [3.05, 3.63) is 26.0 Å². The molecular weight excluding hydrogens is 356 g/mol. The third kappa shape index (κ3) is 2.87. The van der Waals surface area contributed by atoms with E-state index in [0.29, 0.717) is 5.69 Å². The number of aromatic nitrogens is 1. The zero-order chi connectivity index (χ0) is 8.43. The van der Waals surface area contributed by atoms with Crippen molar-refractivity contribution < 1.29 is 0 Å². The summed E-state index contributed by atoms with van der Waals surface area (Å²) in [5.41, 5.74) is 5.80. The van der Waals surface area contributed by atoms with Crippen molar-refractivity contribution in [1.82, 2.24) is 4.98 Å². The highest BCUT2D eigenvalue weighted by Gasteiger charge is 2.03. The SMILES string of the molecule is Cl.N=C(N)c1ncc(Br)cc1I. The van der Waals surface area contributed by atoms with Crippen molar-refractivity contribution in [3.63, 3.8) is 0 Å². The topological polar surface area (TPSA) is 62.8 Å². The molecule has 12 heavy (non-hydrogen) atoms. The van der Waals surface area contributed by atoms with E-state index in [-0.39, 0.29) is 18.2 Å². The van der Waals surface area contributed by atoms with Gasteiger partial charge in [-0.25, -0.2) is 0 Å². The lowest BCUT2D eigenvalue weighted by molar-refractivity contribution is 1.22. The molecule has 0 bridgehead atoms. The molecule has 0 spiro atoms. The lowest BCUT2D eigenvalue weighted by Crippen LogP contribution is -2.14. The van der Waals surface area contributed by atoms with Crippen molar-refractivity contribution in [2.24, 2.45) is 5.73 Å². The Bertz CT molecular complexity index is 305. The van der Waals surface area contributed by atoms with Crippen LogP contribution in [0.3, 0.4) is 0 Å². The second-order valence-corrected chi connectivity index (χ2v) is 3.98. The Balaban J connectivity index is 0.00000121. The van der Waals surface area contributed by atoms with Crippen LogP contribution in [0.2, 0.25) is 0 Å². The average Bonchev–Trinajstić information content (AvgIpc) is 1.85. The van der Waals surface area contributed by atoms with Gasteiger partial charge in [-0.3, -0.25) is 10.4 Å². The molecule has 0 amide bonds. The van der Waals surface area contributed by atoms with Crippen LogP contribution in [-0.2, 0) is 0 Å². The van der Waals surface area contributed by atoms with E-state index in [9.17, 15) is 0 Å². The Labute approximate surface area is 98.3 Å². The standard InChI is InChI=1S/C6H5BrIN3.ClH/c7-3-1-4(8)5(6(9)10)11-2-3;/h1-2H,(H3,9,10);1H. The monoisotopic (exact) mass is 361 g/mol. The Morgan fingerprint density at radius 3 is 2.67 bits per heavy atom. The summed E-state index contributed by atoms with van der Waals surface area (Å²) < 4.78 is 1.77. The molecule has 3 N–H and O–H groups in total. The number of nitrogens with zero attached hydrogens (tertiary/aromatic N) is 1. The van der Waals surface area contributed by atoms with Gasteiger partial charge in [-0.05, 0) is 44.6 Å². The van der Waals surface area contributed by atoms with Crippen molar-refractivity contribution >= 4 is 56.8 Å². The molecule has 0 aliphatic rings. The summed E-state index contributed by atoms with van der Waals surface area (Å²) in [6, 6.07) is 1.87. The minimum absolute atomic E-state index is 0. The van der Waals surface area contributed by atoms with Gasteiger partial charge in [0.1, 0.15) is 11.5 Å². The smallest absolute Gasteiger partial charge is 0.142 e. The molecule has 0 saturated heterocycles. The van der Waals surface area contributed by atoms with E-state index >= 15 is 0 Å². The van der Waals surface area contributed by atoms with E-state index in [0.717, 1.165) is 8.04 Å². The first-order chi connectivity index (χ1) is 5.11. The highest BCUT2D eigenvalue weighted by molar-refractivity contribution is 14.1. The maximum Gasteiger partial charge on any atom is 0.142 e. The molecule has 6 heteroatoms. The van der Waals surface area contributed by atoms with Crippen LogP contribution in [0, 0.1) is 8.98 Å². The van der Waals surface area contributed by atoms with Crippen molar-refractivity contribution in [2.45, 2.75) is 0 Å². The normalized spacial score (nSPS) is 8.83. The zero-order valence-corrected chi connectivity index (χ0v) is 10.4. The molecule has 0 aliphatic carbocycles. The van der Waals surface area contributed by atoms with Gasteiger partial charge in [-0.1, -0.05) is 0 Å². The summed E-state index contributed by atoms with van der Waals surface area (Å²) in [5, 5.41) is 7.14. The van der Waals surface area contributed by atoms with Crippen LogP contribution in [0.15, 0.2) is 16.7 Å². The second kappa shape index (κ2) is 4.98. The molecule has 0 unspecified atom stereocenters. The van der Waals surface area contributed by atoms with Crippen molar-refractivity contribution in [1.29, 1.82) is 5.41 Å². The fourth-order valence-corrected chi connectivity index (χ4v) is 2.14. The number of rotatable bonds is 1. The van der Waals surface area contributed by atoms with Gasteiger partial charge in [0.2, 0.25) is 0 Å². The van der Waals surface area contributed by atoms with Gasteiger partial charge in [0.15, 0.2) is 0 Å². The average molecular weight is 362 g/mol. The van der Waals surface area contributed by atoms with Gasteiger partial charge in [0.25, 0.3) is 0 Å². The van der Waals surface area contributed by atoms with Crippen LogP contribution in [0.25, 0.3) is 0 Å². The van der Waals surface area contributed by atoms with Crippen LogP contribution in [0.4, 0.5) is 0 Å². The molecule has 1 aromatic rings. The summed E-state index contributed by atoms with van der Waals surface area (Å²) in [7, 11) is 0. The number of pyridine rings is 1. The lowest BCUT2D eigenvalue weighted by Gasteiger charge is -1.99. The molecule has 66 valence electrons. The molecule has 3 nitrogen and oxygen atoms in total. The number of hydrogen-bond donors (Lipinski definition) is 2. The Morgan fingerprint density at radius 2 is 2.25 bits per heavy atom. The molecular formula is C6H6BrClIN3. The van der Waals surface area contributed by atoms with Crippen LogP contribution in [0.5, 0.6) is 0 Å². The quantitative estimate of drug-likeness (QED) is 0.457. The Morgan fingerprint density at radius 1 is 1.67 bits per heavy atom. The van der Waals surface area contributed by atoms with Crippen molar-refractivity contribution in [2.75, 3.05) is 0 Å². The third-order valence-corrected chi connectivity index (χ3v) is 2.32. The largest absolute Gasteiger partial charge is 0.382 e. The van der Waals surface area contributed by atoms with Gasteiger partial charge in [0, 0.05) is 14.2 Å². The minimum Gasteiger partial charge on any atom is -0.382 e. The number of halogens is 3. The van der Waals surface area contributed by atoms with E-state index in [1.807, 2.05) is 6.07 Å². The van der Waals surface area contributed by atoms with Gasteiger partial charge in [-0.15, -0.1) is 12.4 Å². The zero-order valence-electron chi connectivity index (χ0n) is 5.84. The molecule has 1 rings (SSSR count). The number of amidine groups is 1. The van der Waals surface area contributed by atoms with E-state index in [4.69, 9.17) is 11.1 Å². The minimum atomic E-state index is 0. The molecule has 0 radical (unpaired) electrons. The fourth-order valence-electron chi connectivity index (χ4n) is 0.613. The lowest BCUT2D eigenvalue weighted by atomic mass is 10.3. The molecule has 0 saturated carbocycles. The number of nitrogens with one attached hydrogen (secondary N) is 1. The highest BCUT2D eigenvalue weighted by atomic mass is 127. The van der Waals surface area contributed by atoms with Crippen LogP contribution < -0.4 is 5.73 Å². The first kappa shape index (κ1) is 12.1. The summed E-state index contributed by atoms with van der Waals surface area (Å²) in [6.45, 7) is 0. The second-order valence-electron chi connectivity index (χ2n) is 1.90. The molecule has 0 aromatic carbocycles. The predicted molar refractivity (Wildman–Crippen MR) is 62.9 cm³/mol. The van der Waals surface area contributed by atoms with E-state index < -0.39 is 0 Å². The molecule has 0 fully saturated rings. The number of hydrogen-bond acceptors (Lipinski definition) is 2. The first-order valence-corrected chi connectivity index (χ1v) is 4.64. The van der Waals surface area contributed by atoms with Gasteiger partial charge < -0.3 is 5.73 Å². The van der Waals surface area contributed by atoms with Crippen LogP contribution >= 0.6 is 50.9 Å². The molecule has 1 aromatic heterocycles. The van der Waals surface area contributed by atoms with Gasteiger partial charge >= 0.3 is 0 Å². The van der Waals surface area contributed by atoms with E-state index in [1.54, 1.807) is 6.20 Å². The van der Waals surface area contributed by atoms with E-state index in [2.05, 4.69) is 43.5 Å². The maximum absolute atomic E-state index is 7.14. The Hall–Kier alpha value is 0.120. The van der Waals surface area contributed by atoms with Crippen LogP contribution in [-0.4, -0.2) is 10.8 Å². The molecule has 0 atom stereocenters. The summed E-state index contributed by atoms with van der Waals surface area (Å²) in [6.07, 6.45) is 1.62. The van der Waals surface area contributed by atoms with Crippen molar-refractivity contribution in [3.8, 4) is 0 Å². The fraction of sp³-hybridized carbons (Fsp3) is 0. The summed E-state index contributed by atoms with van der Waals surface area (Å²) in [4.78, 5) is 3.97. The van der Waals surface area contributed by atoms with Crippen LogP contribution in [0.1, 0.15) is 5.69 Å². The Kier molecular flexibility index (Phi) is 5.03. The number of nitrogens with two attached hydrogens (primary N) is 1. The highest BCUT2D eigenvalue weighted by Crippen LogP contribution is 2.15. The van der Waals surface area contributed by atoms with E-state index in [1.165, 1.54) is 0 Å². The summed E-state index contributed by atoms with van der Waals surface area (Å²) >= 11 is 5.35. The molecule has 1 heterocycles. The maximum atomic E-state index is 7.14. The van der Waals surface area contributed by atoms with Gasteiger partial charge in [-0.2, -0.15) is 0 Å². The van der Waals surface area contributed by atoms with Gasteiger partial charge in [0.05, 0.1) is 0 Å². The first-order valence-electron chi connectivity index (χ1n) is 2.76. The predicted octanol–water partition coefficient (Wildman–Crippen LogP) is 2.15. The summed E-state index contributed by atoms with van der Waals surface area (Å²) in [5.74, 6) is 0.00176. The molecule has 0 aliphatic heterocycles.